The average molecular weight is 538 g/mol. The molecule has 7 nitrogen and oxygen atoms in total. The first-order valence-electron chi connectivity index (χ1n) is 13.6. The molecule has 4 heterocycles. The molecule has 1 N–H and O–H groups in total. The normalized spacial score (nSPS) is 33.7. The van der Waals surface area contributed by atoms with E-state index in [-0.39, 0.29) is 24.3 Å². The van der Waals surface area contributed by atoms with Crippen molar-refractivity contribution in [3.8, 4) is 0 Å². The summed E-state index contributed by atoms with van der Waals surface area (Å²) in [6.07, 6.45) is 8.69. The minimum Gasteiger partial charge on any atom is -0.394 e. The minimum atomic E-state index is -0.897. The molecule has 1 aromatic rings. The number of aliphatic hydroxyl groups excluding tert-OH is 1. The van der Waals surface area contributed by atoms with Gasteiger partial charge in [0, 0.05) is 29.9 Å². The van der Waals surface area contributed by atoms with Crippen molar-refractivity contribution in [3.63, 3.8) is 0 Å². The summed E-state index contributed by atoms with van der Waals surface area (Å²) in [7, 11) is 0. The van der Waals surface area contributed by atoms with Crippen molar-refractivity contribution < 1.29 is 19.5 Å². The first-order chi connectivity index (χ1) is 18.0. The van der Waals surface area contributed by atoms with Gasteiger partial charge in [0.2, 0.25) is 17.7 Å². The van der Waals surface area contributed by atoms with Gasteiger partial charge in [0.15, 0.2) is 0 Å². The lowest BCUT2D eigenvalue weighted by Gasteiger charge is -2.42. The van der Waals surface area contributed by atoms with E-state index in [9.17, 15) is 19.5 Å². The van der Waals surface area contributed by atoms with Crippen LogP contribution in [0.5, 0.6) is 0 Å². The molecule has 4 aliphatic rings. The topological polar surface area (TPSA) is 81.2 Å². The fourth-order valence-electron chi connectivity index (χ4n) is 6.87. The van der Waals surface area contributed by atoms with Gasteiger partial charge >= 0.3 is 0 Å². The molecular formula is C30H39N3O4S. The molecule has 2 saturated heterocycles. The van der Waals surface area contributed by atoms with Crippen LogP contribution in [0, 0.1) is 11.8 Å². The van der Waals surface area contributed by atoms with E-state index in [2.05, 4.69) is 6.08 Å². The van der Waals surface area contributed by atoms with Gasteiger partial charge in [0.05, 0.1) is 29.2 Å². The Labute approximate surface area is 229 Å². The Hall–Kier alpha value is -2.58. The van der Waals surface area contributed by atoms with Crippen molar-refractivity contribution in [1.82, 2.24) is 14.7 Å². The number of carbonyl (C=O) groups excluding carboxylic acids is 3. The van der Waals surface area contributed by atoms with Crippen LogP contribution in [0.2, 0.25) is 0 Å². The zero-order valence-electron chi connectivity index (χ0n) is 23.0. The fraction of sp³-hybridized carbons (Fsp3) is 0.567. The highest BCUT2D eigenvalue weighted by Crippen LogP contribution is 2.66. The summed E-state index contributed by atoms with van der Waals surface area (Å²) >= 11 is 1.59. The monoisotopic (exact) mass is 537 g/mol. The van der Waals surface area contributed by atoms with Crippen LogP contribution in [-0.4, -0.2) is 84.3 Å². The molecule has 4 aliphatic heterocycles. The number of hydrogen-bond acceptors (Lipinski definition) is 5. The van der Waals surface area contributed by atoms with E-state index in [0.29, 0.717) is 26.1 Å². The zero-order chi connectivity index (χ0) is 27.5. The molecule has 38 heavy (non-hydrogen) atoms. The van der Waals surface area contributed by atoms with Crippen LogP contribution in [-0.2, 0) is 20.9 Å². The molecule has 3 amide bonds. The van der Waals surface area contributed by atoms with Crippen LogP contribution in [0.4, 0.5) is 0 Å². The van der Waals surface area contributed by atoms with Crippen LogP contribution in [0.25, 0.3) is 0 Å². The number of amides is 3. The number of nitrogens with zero attached hydrogens (tertiary/aromatic N) is 3. The largest absolute Gasteiger partial charge is 0.394 e. The van der Waals surface area contributed by atoms with E-state index in [0.717, 1.165) is 5.56 Å². The van der Waals surface area contributed by atoms with Crippen LogP contribution < -0.4 is 0 Å². The average Bonchev–Trinajstić information content (AvgIpc) is 3.13. The maximum Gasteiger partial charge on any atom is 0.247 e. The molecule has 1 aromatic carbocycles. The summed E-state index contributed by atoms with van der Waals surface area (Å²) in [6.45, 7) is 11.1. The maximum atomic E-state index is 14.4. The Morgan fingerprint density at radius 3 is 2.32 bits per heavy atom. The van der Waals surface area contributed by atoms with Crippen molar-refractivity contribution in [3.05, 3.63) is 60.2 Å². The number of rotatable bonds is 5. The van der Waals surface area contributed by atoms with Gasteiger partial charge in [-0.2, -0.15) is 0 Å². The first kappa shape index (κ1) is 27.0. The van der Waals surface area contributed by atoms with E-state index in [1.807, 2.05) is 93.0 Å². The molecule has 2 fully saturated rings. The Bertz CT molecular complexity index is 1170. The Kier molecular flexibility index (Phi) is 6.79. The zero-order valence-corrected chi connectivity index (χ0v) is 23.8. The van der Waals surface area contributed by atoms with Crippen molar-refractivity contribution in [1.29, 1.82) is 0 Å². The first-order valence-corrected chi connectivity index (χ1v) is 14.4. The fourth-order valence-corrected chi connectivity index (χ4v) is 9.01. The molecule has 5 rings (SSSR count). The molecule has 0 aliphatic carbocycles. The molecule has 0 radical (unpaired) electrons. The molecule has 8 heteroatoms. The highest BCUT2D eigenvalue weighted by Gasteiger charge is 2.74. The Balaban J connectivity index is 1.63. The van der Waals surface area contributed by atoms with Gasteiger partial charge in [-0.3, -0.25) is 14.4 Å². The van der Waals surface area contributed by atoms with Gasteiger partial charge in [-0.15, -0.1) is 11.8 Å². The summed E-state index contributed by atoms with van der Waals surface area (Å²) in [5.41, 5.74) is 0.590. The summed E-state index contributed by atoms with van der Waals surface area (Å²) in [5.74, 6) is -1.69. The third-order valence-corrected chi connectivity index (χ3v) is 10.5. The van der Waals surface area contributed by atoms with Gasteiger partial charge in [0.25, 0.3) is 0 Å². The Morgan fingerprint density at radius 2 is 1.68 bits per heavy atom. The van der Waals surface area contributed by atoms with Gasteiger partial charge in [-0.25, -0.2) is 0 Å². The number of carbonyl (C=O) groups is 3. The summed E-state index contributed by atoms with van der Waals surface area (Å²) in [4.78, 5) is 48.4. The molecular weight excluding hydrogens is 498 g/mol. The van der Waals surface area contributed by atoms with E-state index in [4.69, 9.17) is 0 Å². The quantitative estimate of drug-likeness (QED) is 0.584. The van der Waals surface area contributed by atoms with E-state index in [1.165, 1.54) is 0 Å². The predicted octanol–water partition coefficient (Wildman–Crippen LogP) is 3.24. The number of thioether (sulfide) groups is 1. The summed E-state index contributed by atoms with van der Waals surface area (Å²) in [5, 5.41) is 10.3. The second kappa shape index (κ2) is 9.56. The molecule has 0 aromatic heterocycles. The molecule has 204 valence electrons. The van der Waals surface area contributed by atoms with Crippen LogP contribution >= 0.6 is 11.8 Å². The number of aliphatic hydroxyl groups is 1. The van der Waals surface area contributed by atoms with Crippen LogP contribution in [0.15, 0.2) is 54.6 Å². The summed E-state index contributed by atoms with van der Waals surface area (Å²) < 4.78 is -1.54. The lowest BCUT2D eigenvalue weighted by atomic mass is 9.74. The molecule has 0 saturated carbocycles. The van der Waals surface area contributed by atoms with Gasteiger partial charge in [-0.05, 0) is 39.7 Å². The SMILES string of the molecule is CC[C@@H](CO)N1C(=O)[C@@H]2[C@H]3C(=O)N(Cc4ccccc4)CC=C[C@@]3(C)S[C@@]23C=CCN(C(C)(C)C)C(=O)C13. The maximum absolute atomic E-state index is 14.4. The van der Waals surface area contributed by atoms with E-state index < -0.39 is 39.0 Å². The molecule has 6 atom stereocenters. The van der Waals surface area contributed by atoms with Crippen LogP contribution in [0.1, 0.15) is 46.6 Å². The Morgan fingerprint density at radius 1 is 1.00 bits per heavy atom. The number of likely N-dealkylation sites (tertiary alicyclic amines) is 1. The standard InChI is InChI=1S/C30H39N3O4S/c1-6-21(19-34)33-24-27(37)32(28(2,3)4)17-11-15-30(24)23(26(33)36)22-25(35)31(16-10-14-29(22,5)38-30)18-20-12-8-7-9-13-20/h7-15,21-24,34H,6,16-19H2,1-5H3/t21-,22-,23-,24?,29+,30-/m0/s1. The van der Waals surface area contributed by atoms with Crippen LogP contribution in [0.3, 0.4) is 0 Å². The third kappa shape index (κ3) is 4.02. The van der Waals surface area contributed by atoms with E-state index >= 15 is 0 Å². The van der Waals surface area contributed by atoms with Crippen molar-refractivity contribution in [2.24, 2.45) is 11.8 Å². The van der Waals surface area contributed by atoms with E-state index in [1.54, 1.807) is 16.7 Å². The highest BCUT2D eigenvalue weighted by atomic mass is 32.2. The second-order valence-corrected chi connectivity index (χ2v) is 13.9. The number of benzene rings is 1. The van der Waals surface area contributed by atoms with Crippen molar-refractivity contribution in [2.75, 3.05) is 19.7 Å². The predicted molar refractivity (Wildman–Crippen MR) is 149 cm³/mol. The van der Waals surface area contributed by atoms with Gasteiger partial charge < -0.3 is 19.8 Å². The van der Waals surface area contributed by atoms with Crippen molar-refractivity contribution in [2.45, 2.75) is 74.7 Å². The third-order valence-electron chi connectivity index (χ3n) is 8.68. The molecule has 1 unspecified atom stereocenters. The van der Waals surface area contributed by atoms with Gasteiger partial charge in [-0.1, -0.05) is 61.6 Å². The number of fused-ring (bicyclic) bond motifs is 2. The highest BCUT2D eigenvalue weighted by molar-refractivity contribution is 8.02. The second-order valence-electron chi connectivity index (χ2n) is 12.1. The smallest absolute Gasteiger partial charge is 0.247 e. The van der Waals surface area contributed by atoms with Crippen molar-refractivity contribution >= 4 is 29.5 Å². The lowest BCUT2D eigenvalue weighted by molar-refractivity contribution is -0.149. The summed E-state index contributed by atoms with van der Waals surface area (Å²) in [6, 6.07) is 8.61. The molecule has 1 spiro atoms. The number of hydrogen-bond donors (Lipinski definition) is 1. The molecule has 0 bridgehead atoms. The minimum absolute atomic E-state index is 0.0560. The lowest BCUT2D eigenvalue weighted by Crippen LogP contribution is -2.59. The van der Waals surface area contributed by atoms with Gasteiger partial charge in [0.1, 0.15) is 6.04 Å².